The van der Waals surface area contributed by atoms with E-state index in [1.807, 2.05) is 29.2 Å². The molecular formula is C21H34N4O4S. The van der Waals surface area contributed by atoms with Crippen molar-refractivity contribution in [2.45, 2.75) is 25.1 Å². The van der Waals surface area contributed by atoms with Crippen LogP contribution in [0.2, 0.25) is 0 Å². The maximum Gasteiger partial charge on any atom is 0.193 e. The fourth-order valence-electron chi connectivity index (χ4n) is 3.70. The second-order valence-corrected chi connectivity index (χ2v) is 11.1. The van der Waals surface area contributed by atoms with Crippen molar-refractivity contribution in [2.24, 2.45) is 4.99 Å². The molecule has 0 bridgehead atoms. The predicted molar refractivity (Wildman–Crippen MR) is 119 cm³/mol. The van der Waals surface area contributed by atoms with Crippen LogP contribution in [0.1, 0.15) is 19.4 Å². The molecular weight excluding hydrogens is 404 g/mol. The zero-order chi connectivity index (χ0) is 21.6. The van der Waals surface area contributed by atoms with Crippen LogP contribution in [0.3, 0.4) is 0 Å². The first-order valence-corrected chi connectivity index (χ1v) is 12.2. The minimum atomic E-state index is -3.08. The summed E-state index contributed by atoms with van der Waals surface area (Å²) in [6.45, 7) is 10.1. The lowest BCUT2D eigenvalue weighted by molar-refractivity contribution is 0.0322. The van der Waals surface area contributed by atoms with Crippen molar-refractivity contribution < 1.29 is 17.9 Å². The second kappa shape index (κ2) is 9.98. The third-order valence-electron chi connectivity index (χ3n) is 5.68. The maximum atomic E-state index is 12.3. The van der Waals surface area contributed by atoms with Gasteiger partial charge in [0, 0.05) is 46.3 Å². The van der Waals surface area contributed by atoms with Crippen LogP contribution in [0.4, 0.5) is 0 Å². The van der Waals surface area contributed by atoms with Crippen LogP contribution in [0.5, 0.6) is 5.75 Å². The van der Waals surface area contributed by atoms with Crippen molar-refractivity contribution >= 4 is 15.8 Å². The van der Waals surface area contributed by atoms with Crippen LogP contribution in [0.15, 0.2) is 29.3 Å². The molecule has 1 aromatic rings. The topological polar surface area (TPSA) is 83.5 Å². The van der Waals surface area contributed by atoms with Gasteiger partial charge in [-0.15, -0.1) is 0 Å². The number of morpholine rings is 1. The normalized spacial score (nSPS) is 22.0. The highest BCUT2D eigenvalue weighted by atomic mass is 32.2. The molecule has 0 radical (unpaired) electrons. The summed E-state index contributed by atoms with van der Waals surface area (Å²) < 4.78 is 35.0. The Morgan fingerprint density at radius 1 is 1.27 bits per heavy atom. The number of hydrogen-bond acceptors (Lipinski definition) is 6. The summed E-state index contributed by atoms with van der Waals surface area (Å²) in [6.07, 6.45) is 0. The fraction of sp³-hybridized carbons (Fsp3) is 0.667. The first-order chi connectivity index (χ1) is 14.3. The Hall–Kier alpha value is -1.84. The van der Waals surface area contributed by atoms with Crippen LogP contribution in [0.25, 0.3) is 0 Å². The zero-order valence-electron chi connectivity index (χ0n) is 18.3. The lowest BCUT2D eigenvalue weighted by Crippen LogP contribution is -2.57. The molecule has 2 aliphatic heterocycles. The first-order valence-electron chi connectivity index (χ1n) is 10.5. The van der Waals surface area contributed by atoms with E-state index >= 15 is 0 Å². The fourth-order valence-corrected chi connectivity index (χ4v) is 5.07. The van der Waals surface area contributed by atoms with E-state index in [9.17, 15) is 8.42 Å². The molecule has 3 rings (SSSR count). The van der Waals surface area contributed by atoms with E-state index in [-0.39, 0.29) is 5.75 Å². The Morgan fingerprint density at radius 3 is 2.73 bits per heavy atom. The second-order valence-electron chi connectivity index (χ2n) is 8.35. The monoisotopic (exact) mass is 438 g/mol. The molecule has 2 saturated heterocycles. The van der Waals surface area contributed by atoms with E-state index in [1.165, 1.54) is 0 Å². The van der Waals surface area contributed by atoms with E-state index in [0.717, 1.165) is 50.1 Å². The number of guanidine groups is 1. The van der Waals surface area contributed by atoms with Gasteiger partial charge in [-0.3, -0.25) is 9.89 Å². The van der Waals surface area contributed by atoms with Crippen molar-refractivity contribution in [3.8, 4) is 5.75 Å². The minimum absolute atomic E-state index is 0.146. The maximum absolute atomic E-state index is 12.3. The zero-order valence-corrected chi connectivity index (χ0v) is 19.1. The van der Waals surface area contributed by atoms with E-state index in [4.69, 9.17) is 9.47 Å². The Kier molecular flexibility index (Phi) is 7.60. The van der Waals surface area contributed by atoms with Gasteiger partial charge in [-0.05, 0) is 31.5 Å². The van der Waals surface area contributed by atoms with Crippen LogP contribution in [0, 0.1) is 0 Å². The SMILES string of the molecule is CN=C(NCc1cccc(OCCN2CCOCC2)c1)N1CCS(=O)(=O)C(C)(C)C1. The lowest BCUT2D eigenvalue weighted by atomic mass is 10.2. The van der Waals surface area contributed by atoms with Crippen molar-refractivity contribution in [3.05, 3.63) is 29.8 Å². The number of sulfone groups is 1. The van der Waals surface area contributed by atoms with Gasteiger partial charge in [-0.25, -0.2) is 8.42 Å². The van der Waals surface area contributed by atoms with Crippen molar-refractivity contribution in [1.82, 2.24) is 15.1 Å². The molecule has 2 heterocycles. The summed E-state index contributed by atoms with van der Waals surface area (Å²) >= 11 is 0. The number of rotatable bonds is 6. The summed E-state index contributed by atoms with van der Waals surface area (Å²) in [5.41, 5.74) is 1.09. The Labute approximate surface area is 180 Å². The van der Waals surface area contributed by atoms with Crippen molar-refractivity contribution in [1.29, 1.82) is 0 Å². The summed E-state index contributed by atoms with van der Waals surface area (Å²) in [5.74, 6) is 1.71. The number of nitrogens with one attached hydrogen (secondary N) is 1. The smallest absolute Gasteiger partial charge is 0.193 e. The molecule has 1 N–H and O–H groups in total. The van der Waals surface area contributed by atoms with Gasteiger partial charge in [-0.2, -0.15) is 0 Å². The molecule has 0 spiro atoms. The van der Waals surface area contributed by atoms with Crippen LogP contribution >= 0.6 is 0 Å². The molecule has 30 heavy (non-hydrogen) atoms. The van der Waals surface area contributed by atoms with Crippen LogP contribution in [-0.2, 0) is 21.1 Å². The van der Waals surface area contributed by atoms with Crippen molar-refractivity contribution in [2.75, 3.05) is 65.3 Å². The van der Waals surface area contributed by atoms with Gasteiger partial charge in [0.1, 0.15) is 12.4 Å². The van der Waals surface area contributed by atoms with Gasteiger partial charge in [-0.1, -0.05) is 12.1 Å². The van der Waals surface area contributed by atoms with Crippen LogP contribution in [-0.4, -0.2) is 94.3 Å². The first kappa shape index (κ1) is 22.8. The Bertz CT molecular complexity index is 835. The van der Waals surface area contributed by atoms with Gasteiger partial charge in [0.15, 0.2) is 15.8 Å². The molecule has 2 fully saturated rings. The van der Waals surface area contributed by atoms with E-state index in [0.29, 0.717) is 26.2 Å². The van der Waals surface area contributed by atoms with E-state index < -0.39 is 14.6 Å². The molecule has 0 saturated carbocycles. The Morgan fingerprint density at radius 2 is 2.03 bits per heavy atom. The molecule has 8 nitrogen and oxygen atoms in total. The van der Waals surface area contributed by atoms with E-state index in [1.54, 1.807) is 20.9 Å². The largest absolute Gasteiger partial charge is 0.492 e. The van der Waals surface area contributed by atoms with Crippen LogP contribution < -0.4 is 10.1 Å². The Balaban J connectivity index is 1.50. The number of ether oxygens (including phenoxy) is 2. The number of hydrogen-bond donors (Lipinski definition) is 1. The number of benzene rings is 1. The summed E-state index contributed by atoms with van der Waals surface area (Å²) in [4.78, 5) is 8.72. The molecule has 0 aliphatic carbocycles. The molecule has 0 unspecified atom stereocenters. The molecule has 1 aromatic carbocycles. The van der Waals surface area contributed by atoms with E-state index in [2.05, 4.69) is 15.2 Å². The average molecular weight is 439 g/mol. The predicted octanol–water partition coefficient (Wildman–Crippen LogP) is 0.982. The summed E-state index contributed by atoms with van der Waals surface area (Å²) in [5, 5.41) is 3.36. The van der Waals surface area contributed by atoms with Gasteiger partial charge in [0.25, 0.3) is 0 Å². The number of nitrogens with zero attached hydrogens (tertiary/aromatic N) is 3. The van der Waals surface area contributed by atoms with Gasteiger partial charge < -0.3 is 19.7 Å². The molecule has 0 aromatic heterocycles. The summed E-state index contributed by atoms with van der Waals surface area (Å²) in [6, 6.07) is 8.03. The molecule has 0 amide bonds. The third-order valence-corrected chi connectivity index (χ3v) is 8.22. The highest BCUT2D eigenvalue weighted by molar-refractivity contribution is 7.92. The molecule has 0 atom stereocenters. The van der Waals surface area contributed by atoms with Crippen molar-refractivity contribution in [3.63, 3.8) is 0 Å². The highest BCUT2D eigenvalue weighted by Gasteiger charge is 2.40. The van der Waals surface area contributed by atoms with Gasteiger partial charge >= 0.3 is 0 Å². The van der Waals surface area contributed by atoms with Gasteiger partial charge in [0.2, 0.25) is 0 Å². The molecule has 9 heteroatoms. The minimum Gasteiger partial charge on any atom is -0.492 e. The molecule has 168 valence electrons. The number of aliphatic imine (C=N–C) groups is 1. The standard InChI is InChI=1S/C21H34N4O4S/c1-21(2)17-25(10-14-30(21,26)27)20(22-3)23-16-18-5-4-6-19(15-18)29-13-9-24-7-11-28-12-8-24/h4-6,15H,7-14,16-17H2,1-3H3,(H,22,23). The average Bonchev–Trinajstić information content (AvgIpc) is 2.72. The van der Waals surface area contributed by atoms with Gasteiger partial charge in [0.05, 0.1) is 23.7 Å². The third kappa shape index (κ3) is 5.86. The lowest BCUT2D eigenvalue weighted by Gasteiger charge is -2.39. The summed E-state index contributed by atoms with van der Waals surface area (Å²) in [7, 11) is -1.35. The molecule has 2 aliphatic rings. The highest BCUT2D eigenvalue weighted by Crippen LogP contribution is 2.23. The quantitative estimate of drug-likeness (QED) is 0.524.